The zero-order valence-corrected chi connectivity index (χ0v) is 13.6. The lowest BCUT2D eigenvalue weighted by Gasteiger charge is -2.31. The molecule has 0 saturated carbocycles. The number of aromatic nitrogens is 2. The molecule has 3 rings (SSSR count). The lowest BCUT2D eigenvalue weighted by atomic mass is 9.87. The van der Waals surface area contributed by atoms with E-state index in [1.165, 1.54) is 0 Å². The maximum atomic E-state index is 12.3. The van der Waals surface area contributed by atoms with Crippen LogP contribution in [0.2, 0.25) is 0 Å². The Kier molecular flexibility index (Phi) is 5.07. The van der Waals surface area contributed by atoms with Crippen LogP contribution in [0.4, 0.5) is 5.95 Å². The van der Waals surface area contributed by atoms with Crippen LogP contribution in [0.1, 0.15) is 13.3 Å². The van der Waals surface area contributed by atoms with Gasteiger partial charge in [0.05, 0.1) is 13.2 Å². The molecule has 2 aliphatic rings. The molecular weight excluding hydrogens is 296 g/mol. The topological polar surface area (TPSA) is 67.8 Å². The van der Waals surface area contributed by atoms with Crippen molar-refractivity contribution in [2.45, 2.75) is 13.3 Å². The Morgan fingerprint density at radius 1 is 1.35 bits per heavy atom. The molecule has 1 atom stereocenters. The minimum atomic E-state index is -0.0441. The first-order chi connectivity index (χ1) is 11.2. The van der Waals surface area contributed by atoms with Crippen molar-refractivity contribution in [2.75, 3.05) is 57.5 Å². The highest BCUT2D eigenvalue weighted by Gasteiger charge is 2.42. The summed E-state index contributed by atoms with van der Waals surface area (Å²) < 4.78 is 11.1. The molecule has 126 valence electrons. The zero-order valence-electron chi connectivity index (χ0n) is 13.6. The number of ether oxygens (including phenoxy) is 2. The number of nitrogens with zero attached hydrogens (tertiary/aromatic N) is 4. The van der Waals surface area contributed by atoms with Gasteiger partial charge < -0.3 is 19.3 Å². The Morgan fingerprint density at radius 3 is 2.96 bits per heavy atom. The fourth-order valence-electron chi connectivity index (χ4n) is 3.29. The molecule has 1 spiro atoms. The first-order valence-electron chi connectivity index (χ1n) is 8.18. The number of hydrogen-bond donors (Lipinski definition) is 0. The molecule has 2 fully saturated rings. The highest BCUT2D eigenvalue weighted by molar-refractivity contribution is 5.77. The van der Waals surface area contributed by atoms with E-state index in [0.29, 0.717) is 32.9 Å². The number of amides is 1. The van der Waals surface area contributed by atoms with Gasteiger partial charge in [-0.3, -0.25) is 4.79 Å². The molecule has 0 bridgehead atoms. The normalized spacial score (nSPS) is 24.9. The summed E-state index contributed by atoms with van der Waals surface area (Å²) >= 11 is 0. The van der Waals surface area contributed by atoms with Gasteiger partial charge in [-0.1, -0.05) is 0 Å². The Morgan fingerprint density at radius 2 is 2.17 bits per heavy atom. The van der Waals surface area contributed by atoms with Crippen molar-refractivity contribution in [1.82, 2.24) is 14.9 Å². The molecule has 0 radical (unpaired) electrons. The van der Waals surface area contributed by atoms with Gasteiger partial charge in [-0.05, 0) is 19.4 Å². The number of anilines is 1. The van der Waals surface area contributed by atoms with Crippen LogP contribution < -0.4 is 4.90 Å². The second-order valence-corrected chi connectivity index (χ2v) is 6.23. The van der Waals surface area contributed by atoms with E-state index in [9.17, 15) is 4.79 Å². The quantitative estimate of drug-likeness (QED) is 0.808. The van der Waals surface area contributed by atoms with Crippen molar-refractivity contribution in [3.63, 3.8) is 0 Å². The van der Waals surface area contributed by atoms with E-state index in [0.717, 1.165) is 25.5 Å². The van der Waals surface area contributed by atoms with Crippen molar-refractivity contribution in [3.05, 3.63) is 18.5 Å². The van der Waals surface area contributed by atoms with Crippen LogP contribution in [0.5, 0.6) is 0 Å². The van der Waals surface area contributed by atoms with Gasteiger partial charge in [-0.2, -0.15) is 0 Å². The minimum Gasteiger partial charge on any atom is -0.379 e. The molecule has 0 N–H and O–H groups in total. The average Bonchev–Trinajstić information content (AvgIpc) is 2.88. The van der Waals surface area contributed by atoms with Gasteiger partial charge in [0.1, 0.15) is 6.61 Å². The van der Waals surface area contributed by atoms with Crippen LogP contribution >= 0.6 is 0 Å². The molecule has 1 amide bonds. The lowest BCUT2D eigenvalue weighted by Crippen LogP contribution is -2.44. The monoisotopic (exact) mass is 320 g/mol. The summed E-state index contributed by atoms with van der Waals surface area (Å²) in [6.45, 7) is 6.91. The van der Waals surface area contributed by atoms with Crippen molar-refractivity contribution in [2.24, 2.45) is 5.41 Å². The molecule has 3 heterocycles. The summed E-state index contributed by atoms with van der Waals surface area (Å²) in [6.07, 6.45) is 4.49. The second kappa shape index (κ2) is 7.23. The molecule has 0 unspecified atom stereocenters. The maximum absolute atomic E-state index is 12.3. The maximum Gasteiger partial charge on any atom is 0.248 e. The van der Waals surface area contributed by atoms with Gasteiger partial charge in [0, 0.05) is 50.6 Å². The highest BCUT2D eigenvalue weighted by atomic mass is 16.5. The Hall–Kier alpha value is -1.73. The second-order valence-electron chi connectivity index (χ2n) is 6.23. The third kappa shape index (κ3) is 3.79. The van der Waals surface area contributed by atoms with Crippen LogP contribution in [-0.4, -0.2) is 73.4 Å². The number of carbonyl (C=O) groups is 1. The SMILES string of the molecule is CCOCC(=O)N1CCOC[C@@]2(CCN(c3ncccn3)C2)C1. The average molecular weight is 320 g/mol. The van der Waals surface area contributed by atoms with Gasteiger partial charge in [-0.15, -0.1) is 0 Å². The van der Waals surface area contributed by atoms with Crippen LogP contribution in [0.25, 0.3) is 0 Å². The third-order valence-corrected chi connectivity index (χ3v) is 4.50. The van der Waals surface area contributed by atoms with E-state index in [4.69, 9.17) is 9.47 Å². The van der Waals surface area contributed by atoms with Gasteiger partial charge in [0.25, 0.3) is 0 Å². The van der Waals surface area contributed by atoms with E-state index in [-0.39, 0.29) is 17.9 Å². The summed E-state index contributed by atoms with van der Waals surface area (Å²) in [5, 5.41) is 0. The summed E-state index contributed by atoms with van der Waals surface area (Å²) in [7, 11) is 0. The highest BCUT2D eigenvalue weighted by Crippen LogP contribution is 2.34. The molecule has 2 aliphatic heterocycles. The van der Waals surface area contributed by atoms with Crippen molar-refractivity contribution >= 4 is 11.9 Å². The first-order valence-corrected chi connectivity index (χ1v) is 8.18. The number of hydrogen-bond acceptors (Lipinski definition) is 6. The van der Waals surface area contributed by atoms with Crippen molar-refractivity contribution in [1.29, 1.82) is 0 Å². The van der Waals surface area contributed by atoms with Crippen LogP contribution in [-0.2, 0) is 14.3 Å². The Bertz CT molecular complexity index is 527. The largest absolute Gasteiger partial charge is 0.379 e. The van der Waals surface area contributed by atoms with E-state index in [1.807, 2.05) is 17.9 Å². The van der Waals surface area contributed by atoms with Crippen molar-refractivity contribution in [3.8, 4) is 0 Å². The number of rotatable bonds is 4. The molecule has 7 heteroatoms. The first kappa shape index (κ1) is 16.1. The van der Waals surface area contributed by atoms with E-state index < -0.39 is 0 Å². The fraction of sp³-hybridized carbons (Fsp3) is 0.688. The smallest absolute Gasteiger partial charge is 0.248 e. The van der Waals surface area contributed by atoms with E-state index in [2.05, 4.69) is 14.9 Å². The van der Waals surface area contributed by atoms with Crippen molar-refractivity contribution < 1.29 is 14.3 Å². The molecule has 23 heavy (non-hydrogen) atoms. The molecule has 1 aromatic rings. The molecular formula is C16H24N4O3. The molecule has 7 nitrogen and oxygen atoms in total. The standard InChI is InChI=1S/C16H24N4O3/c1-2-22-10-14(21)19-8-9-23-13-16(11-19)4-7-20(12-16)15-17-5-3-6-18-15/h3,5-6H,2,4,7-13H2,1H3/t16-/m0/s1. The van der Waals surface area contributed by atoms with Crippen LogP contribution in [0, 0.1) is 5.41 Å². The summed E-state index contributed by atoms with van der Waals surface area (Å²) in [5.41, 5.74) is -0.0441. The zero-order chi connectivity index (χ0) is 16.1. The lowest BCUT2D eigenvalue weighted by molar-refractivity contribution is -0.137. The van der Waals surface area contributed by atoms with E-state index in [1.54, 1.807) is 12.4 Å². The summed E-state index contributed by atoms with van der Waals surface area (Å²) in [4.78, 5) is 25.0. The predicted octanol–water partition coefficient (Wildman–Crippen LogP) is 0.568. The predicted molar refractivity (Wildman–Crippen MR) is 85.2 cm³/mol. The Labute approximate surface area is 136 Å². The van der Waals surface area contributed by atoms with Crippen LogP contribution in [0.15, 0.2) is 18.5 Å². The van der Waals surface area contributed by atoms with E-state index >= 15 is 0 Å². The van der Waals surface area contributed by atoms with Crippen LogP contribution in [0.3, 0.4) is 0 Å². The number of carbonyl (C=O) groups excluding carboxylic acids is 1. The third-order valence-electron chi connectivity index (χ3n) is 4.50. The summed E-state index contributed by atoms with van der Waals surface area (Å²) in [5.74, 6) is 0.798. The molecule has 1 aromatic heterocycles. The minimum absolute atomic E-state index is 0.0441. The Balaban J connectivity index is 1.67. The van der Waals surface area contributed by atoms with Gasteiger partial charge in [0.15, 0.2) is 0 Å². The summed E-state index contributed by atoms with van der Waals surface area (Å²) in [6, 6.07) is 1.82. The van der Waals surface area contributed by atoms with Gasteiger partial charge >= 0.3 is 0 Å². The van der Waals surface area contributed by atoms with Gasteiger partial charge in [0.2, 0.25) is 11.9 Å². The molecule has 0 aromatic carbocycles. The molecule has 0 aliphatic carbocycles. The molecule has 2 saturated heterocycles. The fourth-order valence-corrected chi connectivity index (χ4v) is 3.29. The van der Waals surface area contributed by atoms with Gasteiger partial charge in [-0.25, -0.2) is 9.97 Å².